The second-order valence-corrected chi connectivity index (χ2v) is 4.89. The van der Waals surface area contributed by atoms with Crippen LogP contribution in [0.15, 0.2) is 18.2 Å². The van der Waals surface area contributed by atoms with Crippen molar-refractivity contribution in [2.24, 2.45) is 0 Å². The molecule has 7 heteroatoms. The Morgan fingerprint density at radius 2 is 2.33 bits per heavy atom. The number of ether oxygens (including phenoxy) is 1. The Kier molecular flexibility index (Phi) is 5.10. The number of carbonyl (C=O) groups is 1. The van der Waals surface area contributed by atoms with Crippen molar-refractivity contribution in [1.82, 2.24) is 5.32 Å². The third kappa shape index (κ3) is 3.69. The van der Waals surface area contributed by atoms with Gasteiger partial charge in [0.2, 0.25) is 0 Å². The Morgan fingerprint density at radius 1 is 1.52 bits per heavy atom. The summed E-state index contributed by atoms with van der Waals surface area (Å²) in [5, 5.41) is 16.5. The van der Waals surface area contributed by atoms with E-state index >= 15 is 0 Å². The number of carbonyl (C=O) groups excluding carboxylic acids is 1. The molecule has 2 N–H and O–H groups in total. The maximum atomic E-state index is 12.2. The van der Waals surface area contributed by atoms with Gasteiger partial charge in [0.05, 0.1) is 16.6 Å². The SMILES string of the molecule is CNc1c(C(=O)NCCC2CCCO2)cccc1[N+](=O)[O-]. The Balaban J connectivity index is 2.01. The molecule has 0 bridgehead atoms. The van der Waals surface area contributed by atoms with Gasteiger partial charge in [0.1, 0.15) is 5.69 Å². The van der Waals surface area contributed by atoms with Crippen LogP contribution >= 0.6 is 0 Å². The molecule has 2 rings (SSSR count). The predicted molar refractivity (Wildman–Crippen MR) is 78.6 cm³/mol. The third-order valence-electron chi connectivity index (χ3n) is 3.51. The minimum absolute atomic E-state index is 0.107. The summed E-state index contributed by atoms with van der Waals surface area (Å²) in [7, 11) is 1.56. The van der Waals surface area contributed by atoms with Crippen molar-refractivity contribution in [2.75, 3.05) is 25.5 Å². The lowest BCUT2D eigenvalue weighted by Crippen LogP contribution is -2.27. The number of nitrogens with one attached hydrogen (secondary N) is 2. The fraction of sp³-hybridized carbons (Fsp3) is 0.500. The molecule has 21 heavy (non-hydrogen) atoms. The van der Waals surface area contributed by atoms with Gasteiger partial charge >= 0.3 is 0 Å². The molecule has 1 aromatic rings. The summed E-state index contributed by atoms with van der Waals surface area (Å²) >= 11 is 0. The summed E-state index contributed by atoms with van der Waals surface area (Å²) in [6, 6.07) is 4.45. The van der Waals surface area contributed by atoms with E-state index in [1.165, 1.54) is 12.1 Å². The van der Waals surface area contributed by atoms with Gasteiger partial charge in [0, 0.05) is 26.3 Å². The number of rotatable bonds is 6. The van der Waals surface area contributed by atoms with Gasteiger partial charge in [-0.3, -0.25) is 14.9 Å². The van der Waals surface area contributed by atoms with Gasteiger partial charge in [-0.1, -0.05) is 6.07 Å². The van der Waals surface area contributed by atoms with E-state index in [1.54, 1.807) is 13.1 Å². The van der Waals surface area contributed by atoms with Crippen LogP contribution in [0.4, 0.5) is 11.4 Å². The number of benzene rings is 1. The number of anilines is 1. The fourth-order valence-electron chi connectivity index (χ4n) is 2.46. The number of hydrogen-bond donors (Lipinski definition) is 2. The number of nitro groups is 1. The van der Waals surface area contributed by atoms with E-state index in [-0.39, 0.29) is 28.9 Å². The summed E-state index contributed by atoms with van der Waals surface area (Å²) in [6.07, 6.45) is 3.05. The van der Waals surface area contributed by atoms with Crippen molar-refractivity contribution >= 4 is 17.3 Å². The maximum absolute atomic E-state index is 12.2. The molecule has 0 spiro atoms. The smallest absolute Gasteiger partial charge is 0.293 e. The lowest BCUT2D eigenvalue weighted by molar-refractivity contribution is -0.384. The lowest BCUT2D eigenvalue weighted by atomic mass is 10.1. The highest BCUT2D eigenvalue weighted by Gasteiger charge is 2.21. The van der Waals surface area contributed by atoms with Crippen molar-refractivity contribution in [1.29, 1.82) is 0 Å². The van der Waals surface area contributed by atoms with Crippen LogP contribution in [-0.2, 0) is 4.74 Å². The van der Waals surface area contributed by atoms with Gasteiger partial charge in [0.15, 0.2) is 0 Å². The third-order valence-corrected chi connectivity index (χ3v) is 3.51. The van der Waals surface area contributed by atoms with Crippen LogP contribution in [0.5, 0.6) is 0 Å². The minimum atomic E-state index is -0.505. The monoisotopic (exact) mass is 293 g/mol. The molecule has 114 valence electrons. The standard InChI is InChI=1S/C14H19N3O4/c1-15-13-11(5-2-6-12(13)17(19)20)14(18)16-8-7-10-4-3-9-21-10/h2,5-6,10,15H,3-4,7-9H2,1H3,(H,16,18). The summed E-state index contributed by atoms with van der Waals surface area (Å²) in [5.74, 6) is -0.318. The molecule has 1 atom stereocenters. The van der Waals surface area contributed by atoms with Crippen LogP contribution in [0.2, 0.25) is 0 Å². The Morgan fingerprint density at radius 3 is 2.95 bits per heavy atom. The average molecular weight is 293 g/mol. The molecule has 1 heterocycles. The van der Waals surface area contributed by atoms with Gasteiger partial charge in [-0.05, 0) is 25.3 Å². The molecule has 0 radical (unpaired) electrons. The second-order valence-electron chi connectivity index (χ2n) is 4.89. The summed E-state index contributed by atoms with van der Waals surface area (Å²) in [6.45, 7) is 1.28. The molecule has 1 aromatic carbocycles. The highest BCUT2D eigenvalue weighted by molar-refractivity contribution is 6.01. The first-order valence-electron chi connectivity index (χ1n) is 6.98. The van der Waals surface area contributed by atoms with Crippen molar-refractivity contribution in [3.05, 3.63) is 33.9 Å². The van der Waals surface area contributed by atoms with E-state index in [2.05, 4.69) is 10.6 Å². The fourth-order valence-corrected chi connectivity index (χ4v) is 2.46. The van der Waals surface area contributed by atoms with E-state index in [0.29, 0.717) is 6.54 Å². The molecule has 7 nitrogen and oxygen atoms in total. The molecule has 1 fully saturated rings. The number of nitrogens with zero attached hydrogens (tertiary/aromatic N) is 1. The van der Waals surface area contributed by atoms with Crippen molar-refractivity contribution < 1.29 is 14.5 Å². The molecule has 1 amide bonds. The molecule has 1 aliphatic heterocycles. The summed E-state index contributed by atoms with van der Waals surface area (Å²) < 4.78 is 5.48. The molecule has 0 aromatic heterocycles. The first-order valence-corrected chi connectivity index (χ1v) is 6.98. The Hall–Kier alpha value is -2.15. The zero-order chi connectivity index (χ0) is 15.2. The zero-order valence-corrected chi connectivity index (χ0v) is 11.9. The summed E-state index contributed by atoms with van der Waals surface area (Å²) in [4.78, 5) is 22.6. The number of amides is 1. The Labute approximate surface area is 122 Å². The first-order chi connectivity index (χ1) is 10.1. The molecule has 0 saturated carbocycles. The Bertz CT molecular complexity index is 527. The van der Waals surface area contributed by atoms with Crippen molar-refractivity contribution in [3.8, 4) is 0 Å². The van der Waals surface area contributed by atoms with Gasteiger partial charge in [-0.2, -0.15) is 0 Å². The van der Waals surface area contributed by atoms with Crippen LogP contribution in [0.1, 0.15) is 29.6 Å². The van der Waals surface area contributed by atoms with Crippen LogP contribution in [-0.4, -0.2) is 37.1 Å². The van der Waals surface area contributed by atoms with Crippen LogP contribution in [0.25, 0.3) is 0 Å². The van der Waals surface area contributed by atoms with E-state index < -0.39 is 4.92 Å². The van der Waals surface area contributed by atoms with Crippen molar-refractivity contribution in [2.45, 2.75) is 25.4 Å². The zero-order valence-electron chi connectivity index (χ0n) is 11.9. The summed E-state index contributed by atoms with van der Waals surface area (Å²) in [5.41, 5.74) is 0.403. The highest BCUT2D eigenvalue weighted by atomic mass is 16.6. The van der Waals surface area contributed by atoms with Gasteiger partial charge < -0.3 is 15.4 Å². The molecule has 0 aliphatic carbocycles. The van der Waals surface area contributed by atoms with E-state index in [9.17, 15) is 14.9 Å². The second kappa shape index (κ2) is 7.03. The minimum Gasteiger partial charge on any atom is -0.382 e. The number of nitro benzene ring substituents is 1. The van der Waals surface area contributed by atoms with Crippen LogP contribution in [0.3, 0.4) is 0 Å². The highest BCUT2D eigenvalue weighted by Crippen LogP contribution is 2.27. The van der Waals surface area contributed by atoms with Gasteiger partial charge in [0.25, 0.3) is 11.6 Å². The van der Waals surface area contributed by atoms with Crippen LogP contribution in [0, 0.1) is 10.1 Å². The normalized spacial score (nSPS) is 17.5. The van der Waals surface area contributed by atoms with E-state index in [0.717, 1.165) is 25.9 Å². The molecule has 1 unspecified atom stereocenters. The van der Waals surface area contributed by atoms with E-state index in [1.807, 2.05) is 0 Å². The number of para-hydroxylation sites is 1. The van der Waals surface area contributed by atoms with Gasteiger partial charge in [-0.25, -0.2) is 0 Å². The van der Waals surface area contributed by atoms with Crippen molar-refractivity contribution in [3.63, 3.8) is 0 Å². The molecular weight excluding hydrogens is 274 g/mol. The molecule has 1 aliphatic rings. The van der Waals surface area contributed by atoms with E-state index in [4.69, 9.17) is 4.74 Å². The maximum Gasteiger partial charge on any atom is 0.293 e. The predicted octanol–water partition coefficient (Wildman–Crippen LogP) is 1.94. The van der Waals surface area contributed by atoms with Gasteiger partial charge in [-0.15, -0.1) is 0 Å². The quantitative estimate of drug-likeness (QED) is 0.617. The topological polar surface area (TPSA) is 93.5 Å². The van der Waals surface area contributed by atoms with Crippen LogP contribution < -0.4 is 10.6 Å². The largest absolute Gasteiger partial charge is 0.382 e. The average Bonchev–Trinajstić information content (AvgIpc) is 2.99. The lowest BCUT2D eigenvalue weighted by Gasteiger charge is -2.12. The molecular formula is C14H19N3O4. The number of hydrogen-bond acceptors (Lipinski definition) is 5. The molecule has 1 saturated heterocycles. The first kappa shape index (κ1) is 15.2.